The maximum Gasteiger partial charge on any atom is 0.224 e. The maximum atomic E-state index is 12.4. The van der Waals surface area contributed by atoms with Crippen LogP contribution < -0.4 is 10.1 Å². The number of nitrogens with one attached hydrogen (secondary N) is 1. The van der Waals surface area contributed by atoms with E-state index in [0.29, 0.717) is 17.0 Å². The van der Waals surface area contributed by atoms with Crippen molar-refractivity contribution in [3.8, 4) is 11.5 Å². The van der Waals surface area contributed by atoms with E-state index in [0.717, 1.165) is 5.56 Å². The largest absolute Gasteiger partial charge is 0.505 e. The molecule has 1 amide bonds. The second kappa shape index (κ2) is 8.23. The molecule has 0 atom stereocenters. The van der Waals surface area contributed by atoms with Gasteiger partial charge in [-0.1, -0.05) is 34.8 Å². The lowest BCUT2D eigenvalue weighted by atomic mass is 10.0. The second-order valence-electron chi connectivity index (χ2n) is 5.46. The Morgan fingerprint density at radius 1 is 1.12 bits per heavy atom. The highest BCUT2D eigenvalue weighted by Gasteiger charge is 2.15. The van der Waals surface area contributed by atoms with Crippen LogP contribution in [0, 0.1) is 6.92 Å². The lowest BCUT2D eigenvalue weighted by molar-refractivity contribution is -0.116. The molecule has 7 heteroatoms. The highest BCUT2D eigenvalue weighted by atomic mass is 35.5. The van der Waals surface area contributed by atoms with Gasteiger partial charge in [0.15, 0.2) is 11.5 Å². The number of phenolic OH excluding ortho intramolecular Hbond substituents is 1. The van der Waals surface area contributed by atoms with Crippen molar-refractivity contribution in [1.82, 2.24) is 0 Å². The van der Waals surface area contributed by atoms with Crippen molar-refractivity contribution >= 4 is 40.6 Å². The SMILES string of the molecule is COc1ccc(C)cc1C(=O)CCC(=O)Nc1cc(Cl)c(O)c(Cl)c1. The van der Waals surface area contributed by atoms with E-state index in [9.17, 15) is 14.7 Å². The van der Waals surface area contributed by atoms with E-state index >= 15 is 0 Å². The molecule has 5 nitrogen and oxygen atoms in total. The lowest BCUT2D eigenvalue weighted by Gasteiger charge is -2.10. The fourth-order valence-corrected chi connectivity index (χ4v) is 2.75. The number of Topliss-reactive ketones (excluding diaryl/α,β-unsaturated/α-hetero) is 1. The van der Waals surface area contributed by atoms with Gasteiger partial charge in [-0.25, -0.2) is 0 Å². The zero-order chi connectivity index (χ0) is 18.6. The van der Waals surface area contributed by atoms with Crippen molar-refractivity contribution in [2.45, 2.75) is 19.8 Å². The van der Waals surface area contributed by atoms with Crippen LogP contribution in [0.5, 0.6) is 11.5 Å². The van der Waals surface area contributed by atoms with E-state index in [2.05, 4.69) is 5.32 Å². The van der Waals surface area contributed by atoms with Crippen molar-refractivity contribution < 1.29 is 19.4 Å². The van der Waals surface area contributed by atoms with E-state index in [-0.39, 0.29) is 40.3 Å². The van der Waals surface area contributed by atoms with Crippen LogP contribution >= 0.6 is 23.2 Å². The molecule has 0 radical (unpaired) electrons. The Labute approximate surface area is 155 Å². The van der Waals surface area contributed by atoms with Crippen LogP contribution in [0.1, 0.15) is 28.8 Å². The standard InChI is InChI=1S/C18H17Cl2NO4/c1-10-3-5-16(25-2)12(7-10)15(22)4-6-17(23)21-11-8-13(19)18(24)14(20)9-11/h3,5,7-9,24H,4,6H2,1-2H3,(H,21,23). The number of ketones is 1. The first-order valence-corrected chi connectivity index (χ1v) is 8.23. The number of aromatic hydroxyl groups is 1. The summed E-state index contributed by atoms with van der Waals surface area (Å²) in [5, 5.41) is 12.2. The summed E-state index contributed by atoms with van der Waals surface area (Å²) in [5.74, 6) is -0.313. The number of phenols is 1. The normalized spacial score (nSPS) is 10.4. The molecule has 0 saturated carbocycles. The molecule has 132 valence electrons. The fourth-order valence-electron chi connectivity index (χ4n) is 2.26. The summed E-state index contributed by atoms with van der Waals surface area (Å²) in [5.41, 5.74) is 1.73. The Morgan fingerprint density at radius 2 is 1.76 bits per heavy atom. The van der Waals surface area contributed by atoms with E-state index < -0.39 is 0 Å². The number of carbonyl (C=O) groups excluding carboxylic acids is 2. The average Bonchev–Trinajstić information content (AvgIpc) is 2.57. The molecule has 0 unspecified atom stereocenters. The monoisotopic (exact) mass is 381 g/mol. The molecule has 25 heavy (non-hydrogen) atoms. The van der Waals surface area contributed by atoms with Gasteiger partial charge in [-0.3, -0.25) is 9.59 Å². The zero-order valence-electron chi connectivity index (χ0n) is 13.7. The molecule has 2 aromatic rings. The van der Waals surface area contributed by atoms with Crippen LogP contribution in [0.4, 0.5) is 5.69 Å². The van der Waals surface area contributed by atoms with Gasteiger partial charge in [0.05, 0.1) is 22.7 Å². The summed E-state index contributed by atoms with van der Waals surface area (Å²) in [6.07, 6.45) is 0.0250. The summed E-state index contributed by atoms with van der Waals surface area (Å²) in [6, 6.07) is 8.07. The van der Waals surface area contributed by atoms with E-state index in [1.54, 1.807) is 12.1 Å². The number of hydrogen-bond donors (Lipinski definition) is 2. The van der Waals surface area contributed by atoms with Crippen LogP contribution in [0.2, 0.25) is 10.0 Å². The summed E-state index contributed by atoms with van der Waals surface area (Å²) in [7, 11) is 1.49. The Kier molecular flexibility index (Phi) is 6.28. The number of anilines is 1. The lowest BCUT2D eigenvalue weighted by Crippen LogP contribution is -2.14. The molecule has 0 bridgehead atoms. The van der Waals surface area contributed by atoms with Crippen molar-refractivity contribution in [3.05, 3.63) is 51.5 Å². The molecule has 0 aliphatic rings. The molecule has 0 aliphatic carbocycles. The van der Waals surface area contributed by atoms with Gasteiger partial charge >= 0.3 is 0 Å². The molecular formula is C18H17Cl2NO4. The first kappa shape index (κ1) is 19.1. The number of methoxy groups -OCH3 is 1. The number of aryl methyl sites for hydroxylation is 1. The van der Waals surface area contributed by atoms with E-state index in [1.807, 2.05) is 13.0 Å². The van der Waals surface area contributed by atoms with Gasteiger partial charge < -0.3 is 15.2 Å². The third kappa shape index (κ3) is 4.87. The average molecular weight is 382 g/mol. The minimum Gasteiger partial charge on any atom is -0.505 e. The number of ether oxygens (including phenoxy) is 1. The molecular weight excluding hydrogens is 365 g/mol. The third-order valence-corrected chi connectivity index (χ3v) is 4.11. The molecule has 0 fully saturated rings. The Morgan fingerprint density at radius 3 is 2.36 bits per heavy atom. The molecule has 0 aliphatic heterocycles. The minimum atomic E-state index is -0.363. The number of rotatable bonds is 6. The second-order valence-corrected chi connectivity index (χ2v) is 6.28. The van der Waals surface area contributed by atoms with Crippen LogP contribution in [0.3, 0.4) is 0 Å². The molecule has 2 aromatic carbocycles. The number of carbonyl (C=O) groups is 2. The first-order valence-electron chi connectivity index (χ1n) is 7.47. The summed E-state index contributed by atoms with van der Waals surface area (Å²) in [4.78, 5) is 24.4. The maximum absolute atomic E-state index is 12.4. The number of benzene rings is 2. The number of hydrogen-bond acceptors (Lipinski definition) is 4. The fraction of sp³-hybridized carbons (Fsp3) is 0.222. The topological polar surface area (TPSA) is 75.6 Å². The highest BCUT2D eigenvalue weighted by Crippen LogP contribution is 2.34. The van der Waals surface area contributed by atoms with Gasteiger partial charge in [0.25, 0.3) is 0 Å². The van der Waals surface area contributed by atoms with Crippen LogP contribution in [0.25, 0.3) is 0 Å². The Hall–Kier alpha value is -2.24. The van der Waals surface area contributed by atoms with Gasteiger partial charge in [0.2, 0.25) is 5.91 Å². The predicted octanol–water partition coefficient (Wildman–Crippen LogP) is 4.62. The van der Waals surface area contributed by atoms with Gasteiger partial charge in [-0.2, -0.15) is 0 Å². The summed E-state index contributed by atoms with van der Waals surface area (Å²) in [6.45, 7) is 1.88. The zero-order valence-corrected chi connectivity index (χ0v) is 15.2. The van der Waals surface area contributed by atoms with Gasteiger partial charge in [0.1, 0.15) is 5.75 Å². The predicted molar refractivity (Wildman–Crippen MR) is 98.1 cm³/mol. The van der Waals surface area contributed by atoms with Crippen molar-refractivity contribution in [2.75, 3.05) is 12.4 Å². The van der Waals surface area contributed by atoms with Crippen molar-refractivity contribution in [1.29, 1.82) is 0 Å². The summed E-state index contributed by atoms with van der Waals surface area (Å²) < 4.78 is 5.19. The van der Waals surface area contributed by atoms with Crippen LogP contribution in [0.15, 0.2) is 30.3 Å². The Bertz CT molecular complexity index is 798. The van der Waals surface area contributed by atoms with Gasteiger partial charge in [0, 0.05) is 18.5 Å². The smallest absolute Gasteiger partial charge is 0.224 e. The first-order chi connectivity index (χ1) is 11.8. The van der Waals surface area contributed by atoms with Crippen LogP contribution in [-0.4, -0.2) is 23.9 Å². The van der Waals surface area contributed by atoms with Gasteiger partial charge in [-0.05, 0) is 31.2 Å². The van der Waals surface area contributed by atoms with E-state index in [1.165, 1.54) is 19.2 Å². The van der Waals surface area contributed by atoms with E-state index in [4.69, 9.17) is 27.9 Å². The molecule has 0 heterocycles. The third-order valence-electron chi connectivity index (χ3n) is 3.54. The number of halogens is 2. The molecule has 0 saturated heterocycles. The summed E-state index contributed by atoms with van der Waals surface area (Å²) >= 11 is 11.6. The quantitative estimate of drug-likeness (QED) is 0.565. The van der Waals surface area contributed by atoms with Gasteiger partial charge in [-0.15, -0.1) is 0 Å². The number of amides is 1. The Balaban J connectivity index is 2.00. The minimum absolute atomic E-state index is 0.00789. The molecule has 2 rings (SSSR count). The molecule has 0 spiro atoms. The highest BCUT2D eigenvalue weighted by molar-refractivity contribution is 6.37. The van der Waals surface area contributed by atoms with Crippen molar-refractivity contribution in [2.24, 2.45) is 0 Å². The van der Waals surface area contributed by atoms with Crippen molar-refractivity contribution in [3.63, 3.8) is 0 Å². The van der Waals surface area contributed by atoms with Crippen LogP contribution in [-0.2, 0) is 4.79 Å². The molecule has 2 N–H and O–H groups in total. The molecule has 0 aromatic heterocycles.